The van der Waals surface area contributed by atoms with Gasteiger partial charge in [-0.25, -0.2) is 4.39 Å². The zero-order valence-electron chi connectivity index (χ0n) is 7.56. The summed E-state index contributed by atoms with van der Waals surface area (Å²) in [5.41, 5.74) is 0.116. The SMILES string of the molecule is OC1(Cc2cccc(F)c2Br)CNC1. The van der Waals surface area contributed by atoms with Crippen LogP contribution >= 0.6 is 15.9 Å². The molecular formula is C10H11BrFNO. The molecule has 1 aliphatic heterocycles. The van der Waals surface area contributed by atoms with Crippen molar-refractivity contribution in [1.29, 1.82) is 0 Å². The van der Waals surface area contributed by atoms with E-state index >= 15 is 0 Å². The molecule has 0 aliphatic carbocycles. The zero-order valence-corrected chi connectivity index (χ0v) is 9.14. The minimum Gasteiger partial charge on any atom is -0.387 e. The summed E-state index contributed by atoms with van der Waals surface area (Å²) in [6.07, 6.45) is 0.484. The molecule has 1 aliphatic rings. The molecule has 0 unspecified atom stereocenters. The Bertz CT molecular complexity index is 352. The van der Waals surface area contributed by atoms with Crippen molar-refractivity contribution in [2.24, 2.45) is 0 Å². The van der Waals surface area contributed by atoms with Gasteiger partial charge in [-0.3, -0.25) is 0 Å². The standard InChI is InChI=1S/C10H11BrFNO/c11-9-7(2-1-3-8(9)12)4-10(14)5-13-6-10/h1-3,13-14H,4-6H2. The smallest absolute Gasteiger partial charge is 0.137 e. The van der Waals surface area contributed by atoms with E-state index in [4.69, 9.17) is 0 Å². The van der Waals surface area contributed by atoms with E-state index in [2.05, 4.69) is 21.2 Å². The molecule has 2 nitrogen and oxygen atoms in total. The van der Waals surface area contributed by atoms with Crippen LogP contribution in [0.1, 0.15) is 5.56 Å². The third-order valence-corrected chi connectivity index (χ3v) is 3.35. The second-order valence-electron chi connectivity index (χ2n) is 3.72. The summed E-state index contributed by atoms with van der Waals surface area (Å²) in [5.74, 6) is -0.279. The molecule has 1 saturated heterocycles. The highest BCUT2D eigenvalue weighted by Gasteiger charge is 2.34. The fourth-order valence-corrected chi connectivity index (χ4v) is 1.98. The molecule has 0 aromatic heterocycles. The maximum atomic E-state index is 13.1. The summed E-state index contributed by atoms with van der Waals surface area (Å²) in [4.78, 5) is 0. The molecule has 14 heavy (non-hydrogen) atoms. The van der Waals surface area contributed by atoms with Crippen LogP contribution in [0.2, 0.25) is 0 Å². The van der Waals surface area contributed by atoms with E-state index in [1.807, 2.05) is 6.07 Å². The fourth-order valence-electron chi connectivity index (χ4n) is 1.58. The molecule has 0 atom stereocenters. The van der Waals surface area contributed by atoms with Crippen LogP contribution in [0, 0.1) is 5.82 Å². The van der Waals surface area contributed by atoms with Gasteiger partial charge in [0.25, 0.3) is 0 Å². The first-order valence-corrected chi connectivity index (χ1v) is 5.26. The number of aliphatic hydroxyl groups is 1. The van der Waals surface area contributed by atoms with Gasteiger partial charge >= 0.3 is 0 Å². The van der Waals surface area contributed by atoms with Crippen molar-refractivity contribution >= 4 is 15.9 Å². The molecule has 1 aromatic rings. The van der Waals surface area contributed by atoms with Crippen molar-refractivity contribution in [3.05, 3.63) is 34.1 Å². The van der Waals surface area contributed by atoms with Crippen LogP contribution in [-0.4, -0.2) is 23.8 Å². The zero-order chi connectivity index (χ0) is 10.2. The highest BCUT2D eigenvalue weighted by Crippen LogP contribution is 2.25. The Morgan fingerprint density at radius 2 is 2.21 bits per heavy atom. The summed E-state index contributed by atoms with van der Waals surface area (Å²) in [6, 6.07) is 4.88. The van der Waals surface area contributed by atoms with Gasteiger partial charge < -0.3 is 10.4 Å². The third-order valence-electron chi connectivity index (χ3n) is 2.46. The van der Waals surface area contributed by atoms with E-state index in [0.29, 0.717) is 24.0 Å². The average molecular weight is 260 g/mol. The first-order valence-electron chi connectivity index (χ1n) is 4.47. The van der Waals surface area contributed by atoms with E-state index in [1.54, 1.807) is 6.07 Å². The molecule has 0 saturated carbocycles. The second kappa shape index (κ2) is 3.61. The van der Waals surface area contributed by atoms with Crippen molar-refractivity contribution in [2.75, 3.05) is 13.1 Å². The molecule has 2 N–H and O–H groups in total. The predicted molar refractivity (Wildman–Crippen MR) is 55.6 cm³/mol. The quantitative estimate of drug-likeness (QED) is 0.843. The molecule has 1 fully saturated rings. The molecule has 0 radical (unpaired) electrons. The maximum absolute atomic E-state index is 13.1. The Morgan fingerprint density at radius 3 is 2.79 bits per heavy atom. The monoisotopic (exact) mass is 259 g/mol. The first-order chi connectivity index (χ1) is 6.61. The van der Waals surface area contributed by atoms with Gasteiger partial charge in [-0.1, -0.05) is 12.1 Å². The average Bonchev–Trinajstić information content (AvgIpc) is 2.10. The predicted octanol–water partition coefficient (Wildman–Crippen LogP) is 1.46. The Balaban J connectivity index is 2.20. The van der Waals surface area contributed by atoms with E-state index in [1.165, 1.54) is 6.07 Å². The van der Waals surface area contributed by atoms with Gasteiger partial charge in [-0.15, -0.1) is 0 Å². The summed E-state index contributed by atoms with van der Waals surface area (Å²) in [7, 11) is 0. The largest absolute Gasteiger partial charge is 0.387 e. The second-order valence-corrected chi connectivity index (χ2v) is 4.51. The normalized spacial score (nSPS) is 19.1. The van der Waals surface area contributed by atoms with Crippen molar-refractivity contribution < 1.29 is 9.50 Å². The lowest BCUT2D eigenvalue weighted by molar-refractivity contribution is -0.00920. The van der Waals surface area contributed by atoms with Crippen LogP contribution < -0.4 is 5.32 Å². The van der Waals surface area contributed by atoms with Crippen LogP contribution in [-0.2, 0) is 6.42 Å². The van der Waals surface area contributed by atoms with Gasteiger partial charge in [0.1, 0.15) is 5.82 Å². The molecule has 0 spiro atoms. The van der Waals surface area contributed by atoms with Gasteiger partial charge in [0.05, 0.1) is 10.1 Å². The van der Waals surface area contributed by atoms with Crippen LogP contribution in [0.3, 0.4) is 0 Å². The van der Waals surface area contributed by atoms with Gasteiger partial charge in [0, 0.05) is 19.5 Å². The van der Waals surface area contributed by atoms with Crippen molar-refractivity contribution in [1.82, 2.24) is 5.32 Å². The number of benzene rings is 1. The molecule has 0 bridgehead atoms. The van der Waals surface area contributed by atoms with Gasteiger partial charge in [0.2, 0.25) is 0 Å². The van der Waals surface area contributed by atoms with Gasteiger partial charge in [0.15, 0.2) is 0 Å². The molecule has 76 valence electrons. The van der Waals surface area contributed by atoms with E-state index in [9.17, 15) is 9.50 Å². The Hall–Kier alpha value is -0.450. The Morgan fingerprint density at radius 1 is 1.50 bits per heavy atom. The fraction of sp³-hybridized carbons (Fsp3) is 0.400. The minimum atomic E-state index is -0.698. The summed E-state index contributed by atoms with van der Waals surface area (Å²) >= 11 is 3.18. The van der Waals surface area contributed by atoms with Crippen molar-refractivity contribution in [3.8, 4) is 0 Å². The number of nitrogens with one attached hydrogen (secondary N) is 1. The molecule has 1 aromatic carbocycles. The molecule has 2 rings (SSSR count). The van der Waals surface area contributed by atoms with Gasteiger partial charge in [-0.05, 0) is 27.6 Å². The van der Waals surface area contributed by atoms with Gasteiger partial charge in [-0.2, -0.15) is 0 Å². The lowest BCUT2D eigenvalue weighted by Crippen LogP contribution is -2.60. The minimum absolute atomic E-state index is 0.279. The summed E-state index contributed by atoms with van der Waals surface area (Å²) < 4.78 is 13.6. The molecule has 0 amide bonds. The number of rotatable bonds is 2. The van der Waals surface area contributed by atoms with Crippen molar-refractivity contribution in [3.63, 3.8) is 0 Å². The summed E-state index contributed by atoms with van der Waals surface area (Å²) in [6.45, 7) is 1.16. The molecule has 1 heterocycles. The highest BCUT2D eigenvalue weighted by atomic mass is 79.9. The number of β-amino-alcohol motifs (C(OH)–C–C–N with tert-alkyl or cyclic N) is 1. The third kappa shape index (κ3) is 1.82. The van der Waals surface area contributed by atoms with Crippen LogP contribution in [0.25, 0.3) is 0 Å². The number of halogens is 2. The van der Waals surface area contributed by atoms with Crippen LogP contribution in [0.4, 0.5) is 4.39 Å². The Kier molecular flexibility index (Phi) is 2.60. The maximum Gasteiger partial charge on any atom is 0.137 e. The van der Waals surface area contributed by atoms with Crippen LogP contribution in [0.5, 0.6) is 0 Å². The summed E-state index contributed by atoms with van der Waals surface area (Å²) in [5, 5.41) is 12.9. The lowest BCUT2D eigenvalue weighted by Gasteiger charge is -2.37. The van der Waals surface area contributed by atoms with E-state index < -0.39 is 5.60 Å². The molecule has 4 heteroatoms. The number of hydrogen-bond acceptors (Lipinski definition) is 2. The van der Waals surface area contributed by atoms with Crippen LogP contribution in [0.15, 0.2) is 22.7 Å². The highest BCUT2D eigenvalue weighted by molar-refractivity contribution is 9.10. The number of hydrogen-bond donors (Lipinski definition) is 2. The van der Waals surface area contributed by atoms with E-state index in [0.717, 1.165) is 5.56 Å². The molecular weight excluding hydrogens is 249 g/mol. The Labute approximate surface area is 90.3 Å². The lowest BCUT2D eigenvalue weighted by atomic mass is 9.89. The first kappa shape index (κ1) is 10.1. The van der Waals surface area contributed by atoms with Crippen molar-refractivity contribution in [2.45, 2.75) is 12.0 Å². The topological polar surface area (TPSA) is 32.3 Å². The van der Waals surface area contributed by atoms with E-state index in [-0.39, 0.29) is 5.82 Å².